The van der Waals surface area contributed by atoms with Gasteiger partial charge in [0.1, 0.15) is 0 Å². The van der Waals surface area contributed by atoms with Gasteiger partial charge in [0.15, 0.2) is 0 Å². The molecule has 4 heteroatoms. The van der Waals surface area contributed by atoms with Crippen LogP contribution in [0.2, 0.25) is 0 Å². The molecule has 4 unspecified atom stereocenters. The first-order chi connectivity index (χ1) is 17.6. The highest BCUT2D eigenvalue weighted by atomic mass is 16.2. The summed E-state index contributed by atoms with van der Waals surface area (Å²) in [6, 6.07) is 32.1. The molecule has 1 aromatic heterocycles. The van der Waals surface area contributed by atoms with Gasteiger partial charge < -0.3 is 4.98 Å². The monoisotopic (exact) mass is 467 g/mol. The number of nitrogens with one attached hydrogen (secondary N) is 2. The summed E-state index contributed by atoms with van der Waals surface area (Å²) in [7, 11) is 0. The molecule has 4 aromatic carbocycles. The summed E-state index contributed by atoms with van der Waals surface area (Å²) in [5, 5.41) is 5.48. The maximum Gasteiger partial charge on any atom is 0.233 e. The van der Waals surface area contributed by atoms with Gasteiger partial charge in [0.2, 0.25) is 11.9 Å². The molecule has 1 amide bonds. The van der Waals surface area contributed by atoms with Crippen molar-refractivity contribution in [1.82, 2.24) is 9.97 Å². The van der Waals surface area contributed by atoms with Crippen molar-refractivity contribution in [3.63, 3.8) is 0 Å². The van der Waals surface area contributed by atoms with Crippen molar-refractivity contribution in [3.05, 3.63) is 119 Å². The Morgan fingerprint density at radius 2 is 1.61 bits per heavy atom. The maximum atomic E-state index is 13.8. The Labute approximate surface area is 209 Å². The van der Waals surface area contributed by atoms with E-state index in [0.717, 1.165) is 23.1 Å². The van der Waals surface area contributed by atoms with Crippen LogP contribution < -0.4 is 5.32 Å². The molecule has 4 nitrogen and oxygen atoms in total. The van der Waals surface area contributed by atoms with E-state index in [1.54, 1.807) is 0 Å². The number of rotatable bonds is 3. The first kappa shape index (κ1) is 20.1. The fourth-order valence-corrected chi connectivity index (χ4v) is 7.84. The Morgan fingerprint density at radius 1 is 0.889 bits per heavy atom. The number of fused-ring (bicyclic) bond motifs is 6. The molecule has 3 aliphatic carbocycles. The second-order valence-corrected chi connectivity index (χ2v) is 10.8. The number of hydrogen-bond donors (Lipinski definition) is 2. The number of carbonyl (C=O) groups excluding carboxylic acids is 1. The molecule has 174 valence electrons. The Balaban J connectivity index is 1.13. The molecule has 36 heavy (non-hydrogen) atoms. The fourth-order valence-electron chi connectivity index (χ4n) is 7.84. The molecule has 5 aromatic rings. The number of amides is 1. The summed E-state index contributed by atoms with van der Waals surface area (Å²) in [4.78, 5) is 21.7. The van der Waals surface area contributed by atoms with E-state index in [1.165, 1.54) is 27.6 Å². The Kier molecular flexibility index (Phi) is 3.75. The van der Waals surface area contributed by atoms with Gasteiger partial charge in [-0.05, 0) is 39.4 Å². The van der Waals surface area contributed by atoms with Crippen molar-refractivity contribution in [2.75, 3.05) is 5.32 Å². The normalized spacial score (nSPS) is 26.7. The number of aromatic amines is 1. The zero-order chi connectivity index (χ0) is 24.1. The quantitative estimate of drug-likeness (QED) is 0.308. The summed E-state index contributed by atoms with van der Waals surface area (Å²) >= 11 is 0. The molecular formula is C32H25N3O. The van der Waals surface area contributed by atoms with Gasteiger partial charge in [0.05, 0.1) is 17.3 Å². The van der Waals surface area contributed by atoms with Crippen LogP contribution in [0.5, 0.6) is 0 Å². The van der Waals surface area contributed by atoms with Crippen molar-refractivity contribution in [2.45, 2.75) is 30.6 Å². The summed E-state index contributed by atoms with van der Waals surface area (Å²) in [6.07, 6.45) is 2.66. The third-order valence-electron chi connectivity index (χ3n) is 9.12. The Hall–Kier alpha value is -4.18. The van der Waals surface area contributed by atoms with Gasteiger partial charge in [-0.2, -0.15) is 0 Å². The molecular weight excluding hydrogens is 442 g/mol. The lowest BCUT2D eigenvalue weighted by molar-refractivity contribution is -0.138. The third-order valence-corrected chi connectivity index (χ3v) is 9.12. The van der Waals surface area contributed by atoms with E-state index in [2.05, 4.69) is 101 Å². The van der Waals surface area contributed by atoms with Crippen LogP contribution in [0.1, 0.15) is 47.4 Å². The van der Waals surface area contributed by atoms with Crippen molar-refractivity contribution in [3.8, 4) is 11.3 Å². The highest BCUT2D eigenvalue weighted by molar-refractivity contribution is 5.99. The van der Waals surface area contributed by atoms with Gasteiger partial charge in [0, 0.05) is 22.8 Å². The number of nitrogens with zero attached hydrogens (tertiary/aromatic N) is 1. The molecule has 1 spiro atoms. The van der Waals surface area contributed by atoms with Crippen molar-refractivity contribution in [1.29, 1.82) is 0 Å². The number of benzene rings is 4. The summed E-state index contributed by atoms with van der Waals surface area (Å²) in [5.41, 5.74) is 7.12. The van der Waals surface area contributed by atoms with Crippen molar-refractivity contribution >= 4 is 22.6 Å². The number of H-pyrrole nitrogens is 1. The molecule has 0 aliphatic heterocycles. The van der Waals surface area contributed by atoms with Gasteiger partial charge >= 0.3 is 0 Å². The van der Waals surface area contributed by atoms with Gasteiger partial charge in [-0.25, -0.2) is 4.98 Å². The lowest BCUT2D eigenvalue weighted by atomic mass is 9.36. The first-order valence-corrected chi connectivity index (χ1v) is 12.6. The number of carbonyl (C=O) groups is 1. The number of hydrogen-bond acceptors (Lipinski definition) is 2. The van der Waals surface area contributed by atoms with Crippen LogP contribution in [-0.4, -0.2) is 15.9 Å². The molecule has 0 saturated heterocycles. The van der Waals surface area contributed by atoms with E-state index < -0.39 is 5.41 Å². The number of anilines is 1. The molecule has 3 aliphatic rings. The lowest BCUT2D eigenvalue weighted by Crippen LogP contribution is -2.64. The molecule has 0 radical (unpaired) electrons. The Morgan fingerprint density at radius 3 is 2.50 bits per heavy atom. The maximum absolute atomic E-state index is 13.8. The van der Waals surface area contributed by atoms with E-state index in [-0.39, 0.29) is 17.2 Å². The largest absolute Gasteiger partial charge is 0.324 e. The van der Waals surface area contributed by atoms with Crippen molar-refractivity contribution < 1.29 is 4.79 Å². The zero-order valence-corrected chi connectivity index (χ0v) is 20.0. The lowest BCUT2D eigenvalue weighted by Gasteiger charge is -2.65. The molecule has 8 rings (SSSR count). The molecule has 1 heterocycles. The standard InChI is InChI=1S/C32H25N3O/c1-31(18-32-25-16-7-6-14-24(25)27(32)22-12-4-5-13-23(22)28(31)32)29(36)35-30-33-17-26(34-30)21-15-8-10-19-9-2-3-11-20(19)21/h2-17,27-28H,18H2,1H3,(H2,33,34,35,36). The average molecular weight is 468 g/mol. The van der Waals surface area contributed by atoms with E-state index in [9.17, 15) is 4.79 Å². The van der Waals surface area contributed by atoms with Crippen molar-refractivity contribution in [2.24, 2.45) is 5.41 Å². The van der Waals surface area contributed by atoms with Crippen LogP contribution >= 0.6 is 0 Å². The number of aromatic nitrogens is 2. The smallest absolute Gasteiger partial charge is 0.233 e. The summed E-state index contributed by atoms with van der Waals surface area (Å²) < 4.78 is 0. The van der Waals surface area contributed by atoms with E-state index >= 15 is 0 Å². The second kappa shape index (κ2) is 6.73. The molecule has 0 bridgehead atoms. The van der Waals surface area contributed by atoms with Gasteiger partial charge in [-0.1, -0.05) is 97.9 Å². The van der Waals surface area contributed by atoms with Crippen LogP contribution in [0, 0.1) is 5.41 Å². The molecule has 1 fully saturated rings. The zero-order valence-electron chi connectivity index (χ0n) is 20.0. The second-order valence-electron chi connectivity index (χ2n) is 10.8. The molecule has 2 N–H and O–H groups in total. The minimum atomic E-state index is -0.495. The number of imidazole rings is 1. The average Bonchev–Trinajstić information content (AvgIpc) is 3.43. The van der Waals surface area contributed by atoms with Crippen LogP contribution in [-0.2, 0) is 10.2 Å². The summed E-state index contributed by atoms with van der Waals surface area (Å²) in [6.45, 7) is 2.13. The van der Waals surface area contributed by atoms with Gasteiger partial charge in [-0.3, -0.25) is 10.1 Å². The van der Waals surface area contributed by atoms with Gasteiger partial charge in [-0.15, -0.1) is 0 Å². The highest BCUT2D eigenvalue weighted by Crippen LogP contribution is 2.80. The van der Waals surface area contributed by atoms with Crippen LogP contribution in [0.25, 0.3) is 22.0 Å². The van der Waals surface area contributed by atoms with Crippen LogP contribution in [0.4, 0.5) is 5.95 Å². The van der Waals surface area contributed by atoms with E-state index in [0.29, 0.717) is 11.9 Å². The minimum Gasteiger partial charge on any atom is -0.324 e. The summed E-state index contributed by atoms with van der Waals surface area (Å²) in [5.74, 6) is 1.12. The fraction of sp³-hybridized carbons (Fsp3) is 0.188. The SMILES string of the molecule is CC1(C(=O)Nc2ncc(-c3cccc4ccccc34)[nH]2)CC23c4ccccc4C2c2ccccc2C13. The minimum absolute atomic E-state index is 0.0387. The van der Waals surface area contributed by atoms with Gasteiger partial charge in [0.25, 0.3) is 0 Å². The molecule has 1 saturated carbocycles. The van der Waals surface area contributed by atoms with Crippen LogP contribution in [0.15, 0.2) is 97.2 Å². The predicted molar refractivity (Wildman–Crippen MR) is 142 cm³/mol. The first-order valence-electron chi connectivity index (χ1n) is 12.6. The third kappa shape index (κ3) is 2.30. The van der Waals surface area contributed by atoms with E-state index in [1.807, 2.05) is 18.3 Å². The topological polar surface area (TPSA) is 57.8 Å². The molecule has 4 atom stereocenters. The highest BCUT2D eigenvalue weighted by Gasteiger charge is 2.76. The predicted octanol–water partition coefficient (Wildman–Crippen LogP) is 6.76. The van der Waals surface area contributed by atoms with E-state index in [4.69, 9.17) is 0 Å². The van der Waals surface area contributed by atoms with Crippen LogP contribution in [0.3, 0.4) is 0 Å². The Bertz CT molecular complexity index is 1710.